The lowest BCUT2D eigenvalue weighted by Crippen LogP contribution is -2.46. The Hall–Kier alpha value is -1.02. The maximum absolute atomic E-state index is 13.6. The van der Waals surface area contributed by atoms with Crippen LogP contribution < -0.4 is 5.32 Å². The van der Waals surface area contributed by atoms with Gasteiger partial charge in [-0.05, 0) is 6.07 Å². The van der Waals surface area contributed by atoms with E-state index in [1.165, 1.54) is 17.4 Å². The van der Waals surface area contributed by atoms with Gasteiger partial charge in [-0.3, -0.25) is 4.90 Å². The Balaban J connectivity index is 1.90. The van der Waals surface area contributed by atoms with E-state index in [0.29, 0.717) is 12.1 Å². The van der Waals surface area contributed by atoms with Crippen LogP contribution in [0.25, 0.3) is 0 Å². The third kappa shape index (κ3) is 4.74. The molecule has 0 radical (unpaired) electrons. The topological polar surface area (TPSA) is 52.7 Å². The second-order valence-electron chi connectivity index (χ2n) is 5.26. The number of benzene rings is 1. The van der Waals surface area contributed by atoms with Crippen LogP contribution in [0.5, 0.6) is 0 Å². The van der Waals surface area contributed by atoms with E-state index in [-0.39, 0.29) is 18.1 Å². The molecule has 1 aliphatic rings. The fourth-order valence-corrected chi connectivity index (χ4v) is 3.44. The monoisotopic (exact) mass is 315 g/mol. The summed E-state index contributed by atoms with van der Waals surface area (Å²) >= 11 is 0. The molecule has 0 saturated carbocycles. The van der Waals surface area contributed by atoms with Gasteiger partial charge in [0.2, 0.25) is 10.0 Å². The van der Waals surface area contributed by atoms with Gasteiger partial charge in [-0.2, -0.15) is 0 Å². The van der Waals surface area contributed by atoms with Gasteiger partial charge in [0.15, 0.2) is 0 Å². The summed E-state index contributed by atoms with van der Waals surface area (Å²) in [5.41, 5.74) is 0.394. The number of sulfonamides is 1. The van der Waals surface area contributed by atoms with Gasteiger partial charge >= 0.3 is 0 Å². The standard InChI is InChI=1S/C14H22FN3O2S/c1-17(12-13-4-2-3-5-14(13)15)21(19,20)11-10-18-8-6-16-7-9-18/h2-5,16H,6-12H2,1H3. The third-order valence-corrected chi connectivity index (χ3v) is 5.48. The van der Waals surface area contributed by atoms with Crippen LogP contribution in [0.3, 0.4) is 0 Å². The zero-order valence-electron chi connectivity index (χ0n) is 12.3. The molecule has 118 valence electrons. The maximum Gasteiger partial charge on any atom is 0.215 e. The summed E-state index contributed by atoms with van der Waals surface area (Å²) in [4.78, 5) is 2.13. The fraction of sp³-hybridized carbons (Fsp3) is 0.571. The summed E-state index contributed by atoms with van der Waals surface area (Å²) in [6, 6.07) is 6.26. The number of halogens is 1. The van der Waals surface area contributed by atoms with Crippen LogP contribution >= 0.6 is 0 Å². The Morgan fingerprint density at radius 3 is 2.62 bits per heavy atom. The zero-order valence-corrected chi connectivity index (χ0v) is 13.1. The summed E-state index contributed by atoms with van der Waals surface area (Å²) in [6.07, 6.45) is 0. The molecule has 0 aliphatic carbocycles. The average molecular weight is 315 g/mol. The molecule has 7 heteroatoms. The molecule has 0 aromatic heterocycles. The van der Waals surface area contributed by atoms with Crippen molar-refractivity contribution in [2.24, 2.45) is 0 Å². The molecule has 1 aromatic rings. The first-order chi connectivity index (χ1) is 9.99. The lowest BCUT2D eigenvalue weighted by Gasteiger charge is -2.27. The van der Waals surface area contributed by atoms with Crippen molar-refractivity contribution < 1.29 is 12.8 Å². The highest BCUT2D eigenvalue weighted by molar-refractivity contribution is 7.89. The number of piperazine rings is 1. The van der Waals surface area contributed by atoms with Crippen LogP contribution in [0.1, 0.15) is 5.56 Å². The molecule has 0 amide bonds. The molecule has 1 aliphatic heterocycles. The zero-order chi connectivity index (χ0) is 15.3. The van der Waals surface area contributed by atoms with Gasteiger partial charge in [-0.1, -0.05) is 18.2 Å². The Kier molecular flexibility index (Phi) is 5.69. The molecular formula is C14H22FN3O2S. The average Bonchev–Trinajstić information content (AvgIpc) is 2.48. The van der Waals surface area contributed by atoms with E-state index in [4.69, 9.17) is 0 Å². The SMILES string of the molecule is CN(Cc1ccccc1F)S(=O)(=O)CCN1CCNCC1. The number of rotatable bonds is 6. The van der Waals surface area contributed by atoms with Crippen molar-refractivity contribution in [1.29, 1.82) is 0 Å². The van der Waals surface area contributed by atoms with Gasteiger partial charge in [0.1, 0.15) is 5.82 Å². The second-order valence-corrected chi connectivity index (χ2v) is 7.45. The minimum absolute atomic E-state index is 0.0660. The van der Waals surface area contributed by atoms with Crippen LogP contribution in [-0.2, 0) is 16.6 Å². The van der Waals surface area contributed by atoms with Crippen molar-refractivity contribution in [2.45, 2.75) is 6.54 Å². The van der Waals surface area contributed by atoms with Gasteiger partial charge in [0, 0.05) is 51.9 Å². The number of nitrogens with zero attached hydrogens (tertiary/aromatic N) is 2. The summed E-state index contributed by atoms with van der Waals surface area (Å²) < 4.78 is 39.3. The first kappa shape index (κ1) is 16.4. The van der Waals surface area contributed by atoms with Crippen LogP contribution in [0.15, 0.2) is 24.3 Å². The minimum Gasteiger partial charge on any atom is -0.314 e. The van der Waals surface area contributed by atoms with Gasteiger partial charge in [0.25, 0.3) is 0 Å². The maximum atomic E-state index is 13.6. The van der Waals surface area contributed by atoms with Crippen molar-refractivity contribution in [3.8, 4) is 0 Å². The van der Waals surface area contributed by atoms with Crippen molar-refractivity contribution in [3.05, 3.63) is 35.6 Å². The molecule has 2 rings (SSSR count). The predicted octanol–water partition coefficient (Wildman–Crippen LogP) is 0.492. The van der Waals surface area contributed by atoms with Crippen LogP contribution in [0.2, 0.25) is 0 Å². The summed E-state index contributed by atoms with van der Waals surface area (Å²) in [6.45, 7) is 4.11. The van der Waals surface area contributed by atoms with Crippen molar-refractivity contribution in [1.82, 2.24) is 14.5 Å². The van der Waals surface area contributed by atoms with Crippen LogP contribution in [0.4, 0.5) is 4.39 Å². The Bertz CT molecular complexity index is 559. The molecule has 1 N–H and O–H groups in total. The normalized spacial score (nSPS) is 17.3. The predicted molar refractivity (Wildman–Crippen MR) is 81.0 cm³/mol. The van der Waals surface area contributed by atoms with E-state index in [9.17, 15) is 12.8 Å². The van der Waals surface area contributed by atoms with Crippen molar-refractivity contribution in [3.63, 3.8) is 0 Å². The molecule has 0 unspecified atom stereocenters. The first-order valence-corrected chi connectivity index (χ1v) is 8.70. The summed E-state index contributed by atoms with van der Waals surface area (Å²) in [5, 5.41) is 3.23. The molecule has 21 heavy (non-hydrogen) atoms. The molecule has 0 bridgehead atoms. The highest BCUT2D eigenvalue weighted by atomic mass is 32.2. The van der Waals surface area contributed by atoms with Crippen LogP contribution in [-0.4, -0.2) is 63.1 Å². The Labute approximate surface area is 125 Å². The molecule has 0 atom stereocenters. The molecule has 1 aromatic carbocycles. The van der Waals surface area contributed by atoms with Gasteiger partial charge < -0.3 is 5.32 Å². The van der Waals surface area contributed by atoms with E-state index < -0.39 is 10.0 Å². The van der Waals surface area contributed by atoms with E-state index in [1.807, 2.05) is 0 Å². The summed E-state index contributed by atoms with van der Waals surface area (Å²) in [5.74, 6) is -0.306. The molecule has 5 nitrogen and oxygen atoms in total. The largest absolute Gasteiger partial charge is 0.314 e. The number of hydrogen-bond acceptors (Lipinski definition) is 4. The third-order valence-electron chi connectivity index (χ3n) is 3.70. The Morgan fingerprint density at radius 2 is 1.95 bits per heavy atom. The molecule has 1 fully saturated rings. The van der Waals surface area contributed by atoms with E-state index in [2.05, 4.69) is 10.2 Å². The molecule has 1 saturated heterocycles. The highest BCUT2D eigenvalue weighted by Gasteiger charge is 2.21. The van der Waals surface area contributed by atoms with Gasteiger partial charge in [0.05, 0.1) is 5.75 Å². The quantitative estimate of drug-likeness (QED) is 0.830. The van der Waals surface area contributed by atoms with Gasteiger partial charge in [-0.25, -0.2) is 17.1 Å². The van der Waals surface area contributed by atoms with Crippen molar-refractivity contribution >= 4 is 10.0 Å². The highest BCUT2D eigenvalue weighted by Crippen LogP contribution is 2.11. The minimum atomic E-state index is -3.37. The van der Waals surface area contributed by atoms with E-state index in [0.717, 1.165) is 26.2 Å². The second kappa shape index (κ2) is 7.31. The summed E-state index contributed by atoms with van der Waals surface area (Å²) in [7, 11) is -1.87. The lowest BCUT2D eigenvalue weighted by atomic mass is 10.2. The van der Waals surface area contributed by atoms with Crippen LogP contribution in [0, 0.1) is 5.82 Å². The van der Waals surface area contributed by atoms with E-state index in [1.54, 1.807) is 18.2 Å². The smallest absolute Gasteiger partial charge is 0.215 e. The lowest BCUT2D eigenvalue weighted by molar-refractivity contribution is 0.252. The van der Waals surface area contributed by atoms with Gasteiger partial charge in [-0.15, -0.1) is 0 Å². The first-order valence-electron chi connectivity index (χ1n) is 7.09. The number of hydrogen-bond donors (Lipinski definition) is 1. The number of nitrogens with one attached hydrogen (secondary N) is 1. The molecule has 0 spiro atoms. The van der Waals surface area contributed by atoms with Crippen molar-refractivity contribution in [2.75, 3.05) is 45.5 Å². The van der Waals surface area contributed by atoms with E-state index >= 15 is 0 Å². The molecule has 1 heterocycles. The Morgan fingerprint density at radius 1 is 1.29 bits per heavy atom. The fourth-order valence-electron chi connectivity index (χ4n) is 2.30. The molecular weight excluding hydrogens is 293 g/mol.